The maximum atomic E-state index is 10.8. The number of nitrogens with zero attached hydrogens (tertiary/aromatic N) is 2. The number of rotatable bonds is 6. The van der Waals surface area contributed by atoms with Crippen LogP contribution < -0.4 is 0 Å². The van der Waals surface area contributed by atoms with Crippen molar-refractivity contribution in [3.63, 3.8) is 0 Å². The Kier molecular flexibility index (Phi) is 5.63. The average Bonchev–Trinajstić information content (AvgIpc) is 2.14. The third-order valence-corrected chi connectivity index (χ3v) is 2.81. The van der Waals surface area contributed by atoms with Crippen LogP contribution in [0.25, 0.3) is 0 Å². The van der Waals surface area contributed by atoms with Crippen LogP contribution >= 0.6 is 0 Å². The third-order valence-electron chi connectivity index (χ3n) is 2.81. The molecule has 0 saturated carbocycles. The summed E-state index contributed by atoms with van der Waals surface area (Å²) in [6.07, 6.45) is 1.63. The normalized spacial score (nSPS) is 12.5. The van der Waals surface area contributed by atoms with Crippen molar-refractivity contribution >= 4 is 5.97 Å². The molecule has 0 bridgehead atoms. The van der Waals surface area contributed by atoms with E-state index in [4.69, 9.17) is 10.4 Å². The lowest BCUT2D eigenvalue weighted by Crippen LogP contribution is -2.45. The molecule has 0 radical (unpaired) electrons. The van der Waals surface area contributed by atoms with Gasteiger partial charge in [0.15, 0.2) is 0 Å². The van der Waals surface area contributed by atoms with Crippen molar-refractivity contribution in [1.29, 1.82) is 5.26 Å². The Bertz CT molecular complexity index is 298. The summed E-state index contributed by atoms with van der Waals surface area (Å²) in [5.41, 5.74) is -0.484. The Balaban J connectivity index is 4.29. The zero-order chi connectivity index (χ0) is 13.7. The molecule has 4 heteroatoms. The summed E-state index contributed by atoms with van der Waals surface area (Å²) in [4.78, 5) is 12.7. The summed E-state index contributed by atoms with van der Waals surface area (Å²) in [6.45, 7) is 10.6. The molecule has 0 spiro atoms. The van der Waals surface area contributed by atoms with Crippen molar-refractivity contribution < 1.29 is 9.90 Å². The first kappa shape index (κ1) is 15.9. The number of carbonyl (C=O) groups is 1. The van der Waals surface area contributed by atoms with E-state index in [1.807, 2.05) is 39.5 Å². The topological polar surface area (TPSA) is 64.3 Å². The van der Waals surface area contributed by atoms with Crippen LogP contribution in [-0.4, -0.2) is 34.6 Å². The summed E-state index contributed by atoms with van der Waals surface area (Å²) < 4.78 is 0. The Morgan fingerprint density at radius 1 is 1.29 bits per heavy atom. The van der Waals surface area contributed by atoms with E-state index in [2.05, 4.69) is 6.07 Å². The fourth-order valence-corrected chi connectivity index (χ4v) is 1.58. The Morgan fingerprint density at radius 2 is 1.82 bits per heavy atom. The summed E-state index contributed by atoms with van der Waals surface area (Å²) in [6, 6.07) is 2.26. The van der Waals surface area contributed by atoms with Crippen LogP contribution in [0, 0.1) is 16.7 Å². The van der Waals surface area contributed by atoms with Crippen LogP contribution in [0.3, 0.4) is 0 Å². The molecule has 0 aromatic carbocycles. The number of carboxylic acid groups (broad SMARTS) is 1. The standard InChI is InChI=1S/C13H24N2O2/c1-12(2,3)15(9-11(16)17)8-6-7-13(4,5)10-14/h6-9H2,1-5H3,(H,16,17). The fourth-order valence-electron chi connectivity index (χ4n) is 1.58. The van der Waals surface area contributed by atoms with Gasteiger partial charge in [-0.25, -0.2) is 0 Å². The first-order chi connectivity index (χ1) is 7.58. The van der Waals surface area contributed by atoms with Gasteiger partial charge in [-0.1, -0.05) is 0 Å². The quantitative estimate of drug-likeness (QED) is 0.774. The van der Waals surface area contributed by atoms with E-state index in [1.54, 1.807) is 0 Å². The van der Waals surface area contributed by atoms with Gasteiger partial charge in [0.1, 0.15) is 0 Å². The van der Waals surface area contributed by atoms with Gasteiger partial charge in [-0.3, -0.25) is 9.69 Å². The Labute approximate surface area is 104 Å². The lowest BCUT2D eigenvalue weighted by Gasteiger charge is -2.34. The second kappa shape index (κ2) is 6.02. The van der Waals surface area contributed by atoms with Gasteiger partial charge in [0.2, 0.25) is 0 Å². The van der Waals surface area contributed by atoms with Gasteiger partial charge >= 0.3 is 5.97 Å². The molecular weight excluding hydrogens is 216 g/mol. The second-order valence-corrected chi connectivity index (χ2v) is 6.09. The largest absolute Gasteiger partial charge is 0.480 e. The molecule has 0 aliphatic heterocycles. The SMILES string of the molecule is CC(C)(C#N)CCCN(CC(=O)O)C(C)(C)C. The lowest BCUT2D eigenvalue weighted by molar-refractivity contribution is -0.139. The van der Waals surface area contributed by atoms with Crippen molar-refractivity contribution in [3.05, 3.63) is 0 Å². The predicted octanol–water partition coefficient (Wildman–Crippen LogP) is 2.50. The molecule has 0 unspecified atom stereocenters. The maximum Gasteiger partial charge on any atom is 0.317 e. The zero-order valence-corrected chi connectivity index (χ0v) is 11.6. The van der Waals surface area contributed by atoms with Crippen molar-refractivity contribution in [2.75, 3.05) is 13.1 Å². The van der Waals surface area contributed by atoms with E-state index in [0.29, 0.717) is 6.54 Å². The van der Waals surface area contributed by atoms with Crippen molar-refractivity contribution in [2.24, 2.45) is 5.41 Å². The highest BCUT2D eigenvalue weighted by Gasteiger charge is 2.24. The molecular formula is C13H24N2O2. The second-order valence-electron chi connectivity index (χ2n) is 6.09. The molecule has 4 nitrogen and oxygen atoms in total. The number of aliphatic carboxylic acids is 1. The molecule has 1 N–H and O–H groups in total. The summed E-state index contributed by atoms with van der Waals surface area (Å²) in [5.74, 6) is -0.806. The number of hydrogen-bond donors (Lipinski definition) is 1. The highest BCUT2D eigenvalue weighted by molar-refractivity contribution is 5.69. The summed E-state index contributed by atoms with van der Waals surface area (Å²) >= 11 is 0. The van der Waals surface area contributed by atoms with Crippen LogP contribution in [-0.2, 0) is 4.79 Å². The lowest BCUT2D eigenvalue weighted by atomic mass is 9.89. The van der Waals surface area contributed by atoms with E-state index in [1.165, 1.54) is 0 Å². The van der Waals surface area contributed by atoms with Crippen molar-refractivity contribution in [3.8, 4) is 6.07 Å². The molecule has 98 valence electrons. The van der Waals surface area contributed by atoms with E-state index in [0.717, 1.165) is 12.8 Å². The summed E-state index contributed by atoms with van der Waals surface area (Å²) in [7, 11) is 0. The predicted molar refractivity (Wildman–Crippen MR) is 67.6 cm³/mol. The maximum absolute atomic E-state index is 10.8. The van der Waals surface area contributed by atoms with Gasteiger partial charge in [0, 0.05) is 5.54 Å². The van der Waals surface area contributed by atoms with Crippen molar-refractivity contribution in [1.82, 2.24) is 4.90 Å². The minimum atomic E-state index is -0.806. The van der Waals surface area contributed by atoms with Crippen LogP contribution in [0.5, 0.6) is 0 Å². The van der Waals surface area contributed by atoms with Crippen LogP contribution in [0.4, 0.5) is 0 Å². The van der Waals surface area contributed by atoms with Gasteiger partial charge in [-0.15, -0.1) is 0 Å². The third kappa shape index (κ3) is 6.96. The molecule has 0 aliphatic rings. The Hall–Kier alpha value is -1.08. The zero-order valence-electron chi connectivity index (χ0n) is 11.6. The van der Waals surface area contributed by atoms with Crippen LogP contribution in [0.2, 0.25) is 0 Å². The van der Waals surface area contributed by atoms with Gasteiger partial charge in [0.05, 0.1) is 18.0 Å². The van der Waals surface area contributed by atoms with E-state index >= 15 is 0 Å². The highest BCUT2D eigenvalue weighted by atomic mass is 16.4. The minimum Gasteiger partial charge on any atom is -0.480 e. The molecule has 0 aliphatic carbocycles. The monoisotopic (exact) mass is 240 g/mol. The van der Waals surface area contributed by atoms with E-state index in [-0.39, 0.29) is 17.5 Å². The van der Waals surface area contributed by atoms with E-state index < -0.39 is 5.97 Å². The van der Waals surface area contributed by atoms with Crippen LogP contribution in [0.1, 0.15) is 47.5 Å². The van der Waals surface area contributed by atoms with Gasteiger partial charge < -0.3 is 5.11 Å². The van der Waals surface area contributed by atoms with Gasteiger partial charge in [-0.05, 0) is 54.0 Å². The first-order valence-electron chi connectivity index (χ1n) is 5.96. The van der Waals surface area contributed by atoms with E-state index in [9.17, 15) is 4.79 Å². The molecule has 0 rings (SSSR count). The molecule has 0 atom stereocenters. The fraction of sp³-hybridized carbons (Fsp3) is 0.846. The molecule has 0 heterocycles. The van der Waals surface area contributed by atoms with Crippen molar-refractivity contribution in [2.45, 2.75) is 53.0 Å². The Morgan fingerprint density at radius 3 is 2.18 bits per heavy atom. The molecule has 0 aromatic heterocycles. The molecule has 0 saturated heterocycles. The van der Waals surface area contributed by atoms with Gasteiger partial charge in [-0.2, -0.15) is 5.26 Å². The molecule has 0 amide bonds. The summed E-state index contributed by atoms with van der Waals surface area (Å²) in [5, 5.41) is 17.8. The van der Waals surface area contributed by atoms with Gasteiger partial charge in [0.25, 0.3) is 0 Å². The highest BCUT2D eigenvalue weighted by Crippen LogP contribution is 2.22. The average molecular weight is 240 g/mol. The molecule has 0 fully saturated rings. The minimum absolute atomic E-state index is 0.0521. The number of nitriles is 1. The first-order valence-corrected chi connectivity index (χ1v) is 5.96. The smallest absolute Gasteiger partial charge is 0.317 e. The number of carboxylic acids is 1. The molecule has 17 heavy (non-hydrogen) atoms. The van der Waals surface area contributed by atoms with Crippen LogP contribution in [0.15, 0.2) is 0 Å². The number of hydrogen-bond acceptors (Lipinski definition) is 3. The molecule has 0 aromatic rings.